The highest BCUT2D eigenvalue weighted by Crippen LogP contribution is 2.31. The van der Waals surface area contributed by atoms with Crippen molar-refractivity contribution in [1.29, 1.82) is 0 Å². The van der Waals surface area contributed by atoms with Crippen LogP contribution < -0.4 is 4.74 Å². The first-order valence-electron chi connectivity index (χ1n) is 5.20. The quantitative estimate of drug-likeness (QED) is 0.274. The van der Waals surface area contributed by atoms with Gasteiger partial charge in [0.25, 0.3) is 5.69 Å². The van der Waals surface area contributed by atoms with E-state index < -0.39 is 4.92 Å². The van der Waals surface area contributed by atoms with Gasteiger partial charge in [0.05, 0.1) is 4.92 Å². The molecule has 0 atom stereocenters. The Morgan fingerprint density at radius 2 is 2.05 bits per heavy atom. The number of nitrogens with zero attached hydrogens (tertiary/aromatic N) is 3. The largest absolute Gasteiger partial charge is 0.439 e. The Bertz CT molecular complexity index is 669. The van der Waals surface area contributed by atoms with E-state index in [0.29, 0.717) is 10.9 Å². The van der Waals surface area contributed by atoms with Crippen LogP contribution >= 0.6 is 35.0 Å². The van der Waals surface area contributed by atoms with Gasteiger partial charge in [-0.25, -0.2) is 4.98 Å². The average molecular weight is 332 g/mol. The molecule has 0 radical (unpaired) electrons. The predicted octanol–water partition coefficient (Wildman–Crippen LogP) is 4.21. The van der Waals surface area contributed by atoms with Gasteiger partial charge >= 0.3 is 0 Å². The molecule has 1 aromatic carbocycles. The van der Waals surface area contributed by atoms with Crippen LogP contribution in [0.25, 0.3) is 0 Å². The van der Waals surface area contributed by atoms with Crippen molar-refractivity contribution in [3.05, 3.63) is 44.6 Å². The SMILES string of the molecule is CSc1nc(Cl)cc(Oc2ccc([N+](=O)[O-])c(Cl)c2)n1. The molecule has 104 valence electrons. The second-order valence-corrected chi connectivity index (χ2v) is 5.06. The number of nitro benzene ring substituents is 1. The summed E-state index contributed by atoms with van der Waals surface area (Å²) in [6.45, 7) is 0. The standard InChI is InChI=1S/C11H7Cl2N3O3S/c1-20-11-14-9(13)5-10(15-11)19-6-2-3-8(16(17)18)7(12)4-6/h2-5H,1H3. The molecule has 20 heavy (non-hydrogen) atoms. The molecular weight excluding hydrogens is 325 g/mol. The molecule has 0 saturated heterocycles. The lowest BCUT2D eigenvalue weighted by molar-refractivity contribution is -0.384. The maximum atomic E-state index is 10.7. The van der Waals surface area contributed by atoms with Gasteiger partial charge in [0.15, 0.2) is 5.16 Å². The molecule has 0 bridgehead atoms. The molecule has 0 unspecified atom stereocenters. The summed E-state index contributed by atoms with van der Waals surface area (Å²) in [6.07, 6.45) is 1.80. The minimum atomic E-state index is -0.570. The summed E-state index contributed by atoms with van der Waals surface area (Å²) in [5.74, 6) is 0.557. The lowest BCUT2D eigenvalue weighted by Crippen LogP contribution is -1.94. The van der Waals surface area contributed by atoms with Crippen LogP contribution in [0.15, 0.2) is 29.4 Å². The Labute approximate surface area is 128 Å². The monoisotopic (exact) mass is 331 g/mol. The fourth-order valence-corrected chi connectivity index (χ4v) is 2.17. The van der Waals surface area contributed by atoms with E-state index >= 15 is 0 Å². The summed E-state index contributed by atoms with van der Waals surface area (Å²) in [6, 6.07) is 5.47. The van der Waals surface area contributed by atoms with Crippen molar-refractivity contribution in [2.45, 2.75) is 5.16 Å². The van der Waals surface area contributed by atoms with Gasteiger partial charge in [-0.2, -0.15) is 4.98 Å². The summed E-state index contributed by atoms with van der Waals surface area (Å²) in [7, 11) is 0. The molecule has 1 heterocycles. The number of thioether (sulfide) groups is 1. The first-order valence-corrected chi connectivity index (χ1v) is 7.18. The first-order chi connectivity index (χ1) is 9.49. The fraction of sp³-hybridized carbons (Fsp3) is 0.0909. The van der Waals surface area contributed by atoms with Gasteiger partial charge in [0.1, 0.15) is 15.9 Å². The van der Waals surface area contributed by atoms with E-state index in [2.05, 4.69) is 9.97 Å². The summed E-state index contributed by atoms with van der Waals surface area (Å²) >= 11 is 12.9. The molecule has 6 nitrogen and oxygen atoms in total. The zero-order chi connectivity index (χ0) is 14.7. The van der Waals surface area contributed by atoms with Crippen molar-refractivity contribution in [3.63, 3.8) is 0 Å². The fourth-order valence-electron chi connectivity index (χ4n) is 1.34. The van der Waals surface area contributed by atoms with Gasteiger partial charge in [-0.1, -0.05) is 35.0 Å². The zero-order valence-electron chi connectivity index (χ0n) is 10.0. The molecule has 0 spiro atoms. The van der Waals surface area contributed by atoms with E-state index in [1.165, 1.54) is 36.0 Å². The van der Waals surface area contributed by atoms with Crippen molar-refractivity contribution >= 4 is 40.7 Å². The molecule has 2 aromatic rings. The Morgan fingerprint density at radius 3 is 2.65 bits per heavy atom. The number of hydrogen-bond donors (Lipinski definition) is 0. The highest BCUT2D eigenvalue weighted by atomic mass is 35.5. The third kappa shape index (κ3) is 3.50. The highest BCUT2D eigenvalue weighted by molar-refractivity contribution is 7.98. The van der Waals surface area contributed by atoms with Gasteiger partial charge < -0.3 is 4.74 Å². The van der Waals surface area contributed by atoms with Crippen molar-refractivity contribution in [2.75, 3.05) is 6.26 Å². The number of rotatable bonds is 4. The van der Waals surface area contributed by atoms with E-state index in [4.69, 9.17) is 27.9 Å². The van der Waals surface area contributed by atoms with Crippen LogP contribution in [0.3, 0.4) is 0 Å². The Morgan fingerprint density at radius 1 is 1.30 bits per heavy atom. The molecule has 9 heteroatoms. The van der Waals surface area contributed by atoms with E-state index in [0.717, 1.165) is 0 Å². The molecule has 0 amide bonds. The third-order valence-electron chi connectivity index (χ3n) is 2.17. The predicted molar refractivity (Wildman–Crippen MR) is 77.0 cm³/mol. The molecule has 0 saturated carbocycles. The van der Waals surface area contributed by atoms with Gasteiger partial charge in [0, 0.05) is 18.2 Å². The maximum Gasteiger partial charge on any atom is 0.288 e. The van der Waals surface area contributed by atoms with Crippen LogP contribution in [0.4, 0.5) is 5.69 Å². The number of nitro groups is 1. The summed E-state index contributed by atoms with van der Waals surface area (Å²) in [5, 5.41) is 11.3. The Balaban J connectivity index is 2.28. The number of hydrogen-bond acceptors (Lipinski definition) is 6. The molecule has 1 aromatic heterocycles. The lowest BCUT2D eigenvalue weighted by Gasteiger charge is -2.06. The van der Waals surface area contributed by atoms with Crippen molar-refractivity contribution < 1.29 is 9.66 Å². The second-order valence-electron chi connectivity index (χ2n) is 3.49. The molecule has 0 N–H and O–H groups in total. The van der Waals surface area contributed by atoms with Crippen LogP contribution in [-0.2, 0) is 0 Å². The molecule has 0 aliphatic heterocycles. The van der Waals surface area contributed by atoms with Crippen molar-refractivity contribution in [2.24, 2.45) is 0 Å². The number of ether oxygens (including phenoxy) is 1. The summed E-state index contributed by atoms with van der Waals surface area (Å²) < 4.78 is 5.46. The normalized spacial score (nSPS) is 10.3. The average Bonchev–Trinajstić information content (AvgIpc) is 2.37. The highest BCUT2D eigenvalue weighted by Gasteiger charge is 2.13. The third-order valence-corrected chi connectivity index (χ3v) is 3.22. The Kier molecular flexibility index (Phi) is 4.64. The minimum absolute atomic E-state index is 0.0160. The van der Waals surface area contributed by atoms with E-state index in [1.54, 1.807) is 6.26 Å². The topological polar surface area (TPSA) is 78.2 Å². The van der Waals surface area contributed by atoms with E-state index in [-0.39, 0.29) is 21.7 Å². The Hall–Kier alpha value is -1.57. The number of benzene rings is 1. The molecule has 0 aliphatic rings. The molecule has 2 rings (SSSR count). The van der Waals surface area contributed by atoms with Crippen molar-refractivity contribution in [3.8, 4) is 11.6 Å². The van der Waals surface area contributed by atoms with E-state index in [9.17, 15) is 10.1 Å². The number of halogens is 2. The van der Waals surface area contributed by atoms with Crippen LogP contribution in [-0.4, -0.2) is 21.1 Å². The lowest BCUT2D eigenvalue weighted by atomic mass is 10.3. The zero-order valence-corrected chi connectivity index (χ0v) is 12.4. The molecular formula is C11H7Cl2N3O3S. The molecule has 0 fully saturated rings. The second kappa shape index (κ2) is 6.25. The minimum Gasteiger partial charge on any atom is -0.439 e. The first kappa shape index (κ1) is 14.8. The van der Waals surface area contributed by atoms with Gasteiger partial charge in [-0.15, -0.1) is 0 Å². The smallest absolute Gasteiger partial charge is 0.288 e. The van der Waals surface area contributed by atoms with Crippen LogP contribution in [0.1, 0.15) is 0 Å². The van der Waals surface area contributed by atoms with E-state index in [1.807, 2.05) is 0 Å². The van der Waals surface area contributed by atoms with Crippen LogP contribution in [0, 0.1) is 10.1 Å². The number of aromatic nitrogens is 2. The van der Waals surface area contributed by atoms with Crippen molar-refractivity contribution in [1.82, 2.24) is 9.97 Å². The van der Waals surface area contributed by atoms with Crippen LogP contribution in [0.5, 0.6) is 11.6 Å². The maximum absolute atomic E-state index is 10.7. The molecule has 0 aliphatic carbocycles. The van der Waals surface area contributed by atoms with Gasteiger partial charge in [-0.3, -0.25) is 10.1 Å². The van der Waals surface area contributed by atoms with Crippen LogP contribution in [0.2, 0.25) is 10.2 Å². The van der Waals surface area contributed by atoms with Gasteiger partial charge in [-0.05, 0) is 12.3 Å². The van der Waals surface area contributed by atoms with Gasteiger partial charge in [0.2, 0.25) is 5.88 Å². The summed E-state index contributed by atoms with van der Waals surface area (Å²) in [5.41, 5.74) is -0.190. The summed E-state index contributed by atoms with van der Waals surface area (Å²) in [4.78, 5) is 18.2.